The van der Waals surface area contributed by atoms with Gasteiger partial charge in [-0.25, -0.2) is 4.39 Å². The molecule has 2 saturated heterocycles. The lowest BCUT2D eigenvalue weighted by Gasteiger charge is -2.20. The highest BCUT2D eigenvalue weighted by atomic mass is 35.5. The molecule has 2 heterocycles. The Morgan fingerprint density at radius 1 is 1.26 bits per heavy atom. The average Bonchev–Trinajstić information content (AvgIpc) is 3.02. The van der Waals surface area contributed by atoms with Gasteiger partial charge in [-0.1, -0.05) is 11.6 Å². The van der Waals surface area contributed by atoms with Crippen LogP contribution in [-0.2, 0) is 20.9 Å². The molecule has 2 aliphatic rings. The monoisotopic (exact) mass is 340 g/mol. The van der Waals surface area contributed by atoms with Gasteiger partial charge in [-0.3, -0.25) is 19.4 Å². The summed E-state index contributed by atoms with van der Waals surface area (Å²) < 4.78 is 18.8. The van der Waals surface area contributed by atoms with E-state index in [4.69, 9.17) is 16.3 Å². The second-order valence-electron chi connectivity index (χ2n) is 5.96. The van der Waals surface area contributed by atoms with Crippen LogP contribution in [0.1, 0.15) is 5.56 Å². The first kappa shape index (κ1) is 16.4. The lowest BCUT2D eigenvalue weighted by atomic mass is 10.00. The van der Waals surface area contributed by atoms with Crippen LogP contribution < -0.4 is 0 Å². The molecule has 2 atom stereocenters. The minimum absolute atomic E-state index is 0.147. The van der Waals surface area contributed by atoms with Gasteiger partial charge in [0.2, 0.25) is 11.8 Å². The fourth-order valence-electron chi connectivity index (χ4n) is 3.33. The van der Waals surface area contributed by atoms with Crippen molar-refractivity contribution in [2.24, 2.45) is 11.8 Å². The third kappa shape index (κ3) is 3.11. The Balaban J connectivity index is 1.67. The topological polar surface area (TPSA) is 49.9 Å². The third-order valence-electron chi connectivity index (χ3n) is 4.48. The van der Waals surface area contributed by atoms with Crippen molar-refractivity contribution in [3.8, 4) is 0 Å². The van der Waals surface area contributed by atoms with Crippen molar-refractivity contribution < 1.29 is 18.7 Å². The van der Waals surface area contributed by atoms with Crippen LogP contribution >= 0.6 is 11.6 Å². The molecule has 2 fully saturated rings. The first-order valence-corrected chi connectivity index (χ1v) is 7.89. The van der Waals surface area contributed by atoms with Crippen molar-refractivity contribution in [3.05, 3.63) is 34.6 Å². The smallest absolute Gasteiger partial charge is 0.234 e. The van der Waals surface area contributed by atoms with Gasteiger partial charge in [-0.15, -0.1) is 0 Å². The number of hydrogen-bond acceptors (Lipinski definition) is 4. The second-order valence-corrected chi connectivity index (χ2v) is 6.40. The van der Waals surface area contributed by atoms with E-state index < -0.39 is 0 Å². The third-order valence-corrected chi connectivity index (χ3v) is 4.72. The van der Waals surface area contributed by atoms with E-state index in [0.717, 1.165) is 0 Å². The number of nitrogens with zero attached hydrogens (tertiary/aromatic N) is 2. The van der Waals surface area contributed by atoms with E-state index in [-0.39, 0.29) is 29.5 Å². The lowest BCUT2D eigenvalue weighted by Crippen LogP contribution is -2.37. The fraction of sp³-hybridized carbons (Fsp3) is 0.500. The van der Waals surface area contributed by atoms with E-state index in [2.05, 4.69) is 0 Å². The number of likely N-dealkylation sites (tertiary alicyclic amines) is 2. The minimum Gasteiger partial charge on any atom is -0.383 e. The molecule has 7 heteroatoms. The van der Waals surface area contributed by atoms with E-state index in [0.29, 0.717) is 43.4 Å². The number of halogens is 2. The maximum absolute atomic E-state index is 13.8. The number of carbonyl (C=O) groups excluding carboxylic acids is 2. The molecule has 0 unspecified atom stereocenters. The zero-order chi connectivity index (χ0) is 16.6. The predicted octanol–water partition coefficient (Wildman–Crippen LogP) is 1.54. The zero-order valence-electron chi connectivity index (χ0n) is 12.8. The molecule has 1 aromatic carbocycles. The summed E-state index contributed by atoms with van der Waals surface area (Å²) in [5.74, 6) is -1.29. The highest BCUT2D eigenvalue weighted by Gasteiger charge is 2.51. The Hall–Kier alpha value is -1.50. The predicted molar refractivity (Wildman–Crippen MR) is 82.3 cm³/mol. The number of ether oxygens (including phenoxy) is 1. The molecule has 5 nitrogen and oxygen atoms in total. The minimum atomic E-state index is -0.332. The highest BCUT2D eigenvalue weighted by molar-refractivity contribution is 6.30. The van der Waals surface area contributed by atoms with E-state index in [9.17, 15) is 14.0 Å². The van der Waals surface area contributed by atoms with Gasteiger partial charge in [-0.05, 0) is 18.2 Å². The number of imide groups is 1. The Kier molecular flexibility index (Phi) is 4.66. The maximum atomic E-state index is 13.8. The summed E-state index contributed by atoms with van der Waals surface area (Å²) in [6, 6.07) is 4.41. The molecule has 2 aliphatic heterocycles. The van der Waals surface area contributed by atoms with Gasteiger partial charge in [0.15, 0.2) is 0 Å². The van der Waals surface area contributed by atoms with Gasteiger partial charge >= 0.3 is 0 Å². The molecule has 124 valence electrons. The summed E-state index contributed by atoms with van der Waals surface area (Å²) in [6.45, 7) is 1.91. The van der Waals surface area contributed by atoms with Crippen molar-refractivity contribution in [2.75, 3.05) is 33.4 Å². The van der Waals surface area contributed by atoms with Crippen LogP contribution in [0.15, 0.2) is 18.2 Å². The average molecular weight is 341 g/mol. The SMILES string of the molecule is COCCN1C(=O)[C@H]2CN(Cc3cc(Cl)ccc3F)C[C@H]2C1=O. The van der Waals surface area contributed by atoms with Crippen molar-refractivity contribution in [1.82, 2.24) is 9.80 Å². The van der Waals surface area contributed by atoms with Gasteiger partial charge in [0, 0.05) is 37.3 Å². The van der Waals surface area contributed by atoms with Crippen molar-refractivity contribution in [3.63, 3.8) is 0 Å². The molecule has 0 bridgehead atoms. The number of carbonyl (C=O) groups is 2. The first-order valence-electron chi connectivity index (χ1n) is 7.51. The molecule has 0 spiro atoms. The van der Waals surface area contributed by atoms with E-state index in [1.165, 1.54) is 24.1 Å². The molecule has 0 aromatic heterocycles. The fourth-order valence-corrected chi connectivity index (χ4v) is 3.53. The molecular weight excluding hydrogens is 323 g/mol. The Labute approximate surface area is 138 Å². The molecule has 0 saturated carbocycles. The highest BCUT2D eigenvalue weighted by Crippen LogP contribution is 2.34. The van der Waals surface area contributed by atoms with Crippen LogP contribution in [0.4, 0.5) is 4.39 Å². The lowest BCUT2D eigenvalue weighted by molar-refractivity contribution is -0.141. The van der Waals surface area contributed by atoms with Crippen LogP contribution in [0.5, 0.6) is 0 Å². The zero-order valence-corrected chi connectivity index (χ0v) is 13.6. The first-order chi connectivity index (χ1) is 11.0. The molecule has 0 aliphatic carbocycles. The Morgan fingerprint density at radius 3 is 2.52 bits per heavy atom. The molecule has 0 radical (unpaired) electrons. The molecule has 23 heavy (non-hydrogen) atoms. The molecular formula is C16H18ClFN2O3. The largest absolute Gasteiger partial charge is 0.383 e. The molecule has 1 aromatic rings. The number of benzene rings is 1. The quantitative estimate of drug-likeness (QED) is 0.763. The molecule has 3 rings (SSSR count). The summed E-state index contributed by atoms with van der Waals surface area (Å²) in [5.41, 5.74) is 0.480. The van der Waals surface area contributed by atoms with E-state index in [1.807, 2.05) is 4.90 Å². The summed E-state index contributed by atoms with van der Waals surface area (Å²) in [7, 11) is 1.53. The van der Waals surface area contributed by atoms with Crippen molar-refractivity contribution in [2.45, 2.75) is 6.54 Å². The van der Waals surface area contributed by atoms with Gasteiger partial charge < -0.3 is 4.74 Å². The van der Waals surface area contributed by atoms with E-state index >= 15 is 0 Å². The van der Waals surface area contributed by atoms with Crippen LogP contribution in [0.25, 0.3) is 0 Å². The van der Waals surface area contributed by atoms with Gasteiger partial charge in [0.25, 0.3) is 0 Å². The van der Waals surface area contributed by atoms with Gasteiger partial charge in [0.05, 0.1) is 25.0 Å². The summed E-state index contributed by atoms with van der Waals surface area (Å²) in [6.07, 6.45) is 0. The summed E-state index contributed by atoms with van der Waals surface area (Å²) in [5, 5.41) is 0.471. The number of methoxy groups -OCH3 is 1. The van der Waals surface area contributed by atoms with Crippen LogP contribution in [0, 0.1) is 17.7 Å². The summed E-state index contributed by atoms with van der Waals surface area (Å²) >= 11 is 5.90. The second kappa shape index (κ2) is 6.55. The van der Waals surface area contributed by atoms with Crippen LogP contribution in [0.3, 0.4) is 0 Å². The van der Waals surface area contributed by atoms with Gasteiger partial charge in [-0.2, -0.15) is 0 Å². The van der Waals surface area contributed by atoms with Crippen LogP contribution in [-0.4, -0.2) is 55.0 Å². The molecule has 2 amide bonds. The number of amides is 2. The summed E-state index contributed by atoms with van der Waals surface area (Å²) in [4.78, 5) is 27.9. The number of rotatable bonds is 5. The van der Waals surface area contributed by atoms with Crippen molar-refractivity contribution >= 4 is 23.4 Å². The standard InChI is InChI=1S/C16H18ClFN2O3/c1-23-5-4-20-15(21)12-8-19(9-13(12)16(20)22)7-10-6-11(17)2-3-14(10)18/h2-3,6,12-13H,4-5,7-9H2,1H3/t12-,13+. The number of fused-ring (bicyclic) bond motifs is 1. The van der Waals surface area contributed by atoms with Crippen LogP contribution in [0.2, 0.25) is 5.02 Å². The Bertz CT molecular complexity index is 616. The molecule has 0 N–H and O–H groups in total. The maximum Gasteiger partial charge on any atom is 0.234 e. The van der Waals surface area contributed by atoms with E-state index in [1.54, 1.807) is 6.07 Å². The van der Waals surface area contributed by atoms with Gasteiger partial charge in [0.1, 0.15) is 5.82 Å². The normalized spacial score (nSPS) is 24.6. The van der Waals surface area contributed by atoms with Crippen molar-refractivity contribution in [1.29, 1.82) is 0 Å². The number of hydrogen-bond donors (Lipinski definition) is 0. The Morgan fingerprint density at radius 2 is 1.91 bits per heavy atom.